The smallest absolute Gasteiger partial charge is 0.229 e. The molecule has 1 fully saturated rings. The van der Waals surface area contributed by atoms with E-state index in [1.807, 2.05) is 0 Å². The summed E-state index contributed by atoms with van der Waals surface area (Å²) < 4.78 is 5.49. The molecular formula is C13H14N2O3S. The van der Waals surface area contributed by atoms with E-state index in [1.165, 1.54) is 4.90 Å². The van der Waals surface area contributed by atoms with Crippen LogP contribution in [0.1, 0.15) is 18.4 Å². The highest BCUT2D eigenvalue weighted by Crippen LogP contribution is 2.14. The number of carbonyl (C=O) groups excluding carboxylic acids is 2. The molecule has 2 N–H and O–H groups in total. The van der Waals surface area contributed by atoms with E-state index in [0.717, 1.165) is 5.56 Å². The van der Waals surface area contributed by atoms with Crippen LogP contribution in [0.15, 0.2) is 24.3 Å². The highest BCUT2D eigenvalue weighted by Gasteiger charge is 2.28. The van der Waals surface area contributed by atoms with Gasteiger partial charge < -0.3 is 10.5 Å². The van der Waals surface area contributed by atoms with Crippen molar-refractivity contribution in [2.75, 3.05) is 13.2 Å². The summed E-state index contributed by atoms with van der Waals surface area (Å²) in [7, 11) is 0. The molecule has 1 aliphatic heterocycles. The van der Waals surface area contributed by atoms with E-state index in [9.17, 15) is 9.59 Å². The number of ether oxygens (including phenoxy) is 1. The first-order valence-electron chi connectivity index (χ1n) is 5.94. The summed E-state index contributed by atoms with van der Waals surface area (Å²) in [4.78, 5) is 24.3. The number of thiocarbonyl (C=S) groups is 1. The van der Waals surface area contributed by atoms with Crippen molar-refractivity contribution in [1.29, 1.82) is 0 Å². The molecular weight excluding hydrogens is 264 g/mol. The monoisotopic (exact) mass is 278 g/mol. The molecule has 0 spiro atoms. The lowest BCUT2D eigenvalue weighted by atomic mass is 10.2. The van der Waals surface area contributed by atoms with Gasteiger partial charge in [0, 0.05) is 18.4 Å². The second-order valence-corrected chi connectivity index (χ2v) is 4.62. The van der Waals surface area contributed by atoms with Gasteiger partial charge in [-0.05, 0) is 12.1 Å². The van der Waals surface area contributed by atoms with Crippen molar-refractivity contribution >= 4 is 29.0 Å². The zero-order valence-corrected chi connectivity index (χ0v) is 11.1. The fourth-order valence-corrected chi connectivity index (χ4v) is 1.99. The Morgan fingerprint density at radius 1 is 1.32 bits per heavy atom. The van der Waals surface area contributed by atoms with E-state index >= 15 is 0 Å². The van der Waals surface area contributed by atoms with Crippen LogP contribution in [0.3, 0.4) is 0 Å². The van der Waals surface area contributed by atoms with Gasteiger partial charge in [-0.1, -0.05) is 24.4 Å². The maximum atomic E-state index is 11.4. The maximum absolute atomic E-state index is 11.4. The van der Waals surface area contributed by atoms with Crippen LogP contribution in [-0.4, -0.2) is 34.9 Å². The lowest BCUT2D eigenvalue weighted by molar-refractivity contribution is -0.138. The molecule has 0 atom stereocenters. The summed E-state index contributed by atoms with van der Waals surface area (Å²) in [6.07, 6.45) is 0.603. The summed E-state index contributed by atoms with van der Waals surface area (Å²) in [6.45, 7) is 0.535. The number of carbonyl (C=O) groups is 2. The molecule has 1 saturated heterocycles. The molecule has 2 rings (SSSR count). The van der Waals surface area contributed by atoms with E-state index in [4.69, 9.17) is 22.7 Å². The third kappa shape index (κ3) is 3.29. The van der Waals surface area contributed by atoms with E-state index in [0.29, 0.717) is 23.6 Å². The van der Waals surface area contributed by atoms with Crippen molar-refractivity contribution in [2.45, 2.75) is 12.8 Å². The maximum Gasteiger partial charge on any atom is 0.229 e. The second kappa shape index (κ2) is 5.79. The Hall–Kier alpha value is -1.95. The fourth-order valence-electron chi connectivity index (χ4n) is 1.87. The van der Waals surface area contributed by atoms with Crippen molar-refractivity contribution in [3.63, 3.8) is 0 Å². The van der Waals surface area contributed by atoms with Crippen molar-refractivity contribution in [2.24, 2.45) is 5.73 Å². The largest absolute Gasteiger partial charge is 0.492 e. The molecule has 0 radical (unpaired) electrons. The number of nitrogens with two attached hydrogens (primary N) is 1. The summed E-state index contributed by atoms with van der Waals surface area (Å²) in [6, 6.07) is 7.09. The summed E-state index contributed by atoms with van der Waals surface area (Å²) in [5.41, 5.74) is 6.25. The lowest BCUT2D eigenvalue weighted by Crippen LogP contribution is -2.33. The lowest BCUT2D eigenvalue weighted by Gasteiger charge is -2.14. The molecule has 6 heteroatoms. The quantitative estimate of drug-likeness (QED) is 0.638. The van der Waals surface area contributed by atoms with Crippen LogP contribution in [-0.2, 0) is 9.59 Å². The van der Waals surface area contributed by atoms with Gasteiger partial charge in [0.05, 0.1) is 6.54 Å². The molecule has 1 aromatic carbocycles. The van der Waals surface area contributed by atoms with Crippen LogP contribution in [0.4, 0.5) is 0 Å². The first kappa shape index (κ1) is 13.5. The van der Waals surface area contributed by atoms with E-state index in [-0.39, 0.29) is 25.0 Å². The normalized spacial score (nSPS) is 14.8. The summed E-state index contributed by atoms with van der Waals surface area (Å²) in [5, 5.41) is 0. The van der Waals surface area contributed by atoms with Gasteiger partial charge in [-0.15, -0.1) is 0 Å². The molecule has 2 amide bonds. The summed E-state index contributed by atoms with van der Waals surface area (Å²) >= 11 is 4.88. The number of imide groups is 1. The second-order valence-electron chi connectivity index (χ2n) is 4.18. The standard InChI is InChI=1S/C13H14N2O3S/c14-13(19)9-2-1-3-10(8-9)18-7-6-15-11(16)4-5-12(15)17/h1-3,8H,4-7H2,(H2,14,19). The van der Waals surface area contributed by atoms with Gasteiger partial charge >= 0.3 is 0 Å². The first-order chi connectivity index (χ1) is 9.08. The van der Waals surface area contributed by atoms with Crippen LogP contribution in [0.5, 0.6) is 5.75 Å². The van der Waals surface area contributed by atoms with Crippen molar-refractivity contribution in [3.8, 4) is 5.75 Å². The van der Waals surface area contributed by atoms with Crippen LogP contribution in [0.2, 0.25) is 0 Å². The van der Waals surface area contributed by atoms with Crippen LogP contribution < -0.4 is 10.5 Å². The number of amides is 2. The highest BCUT2D eigenvalue weighted by molar-refractivity contribution is 7.80. The topological polar surface area (TPSA) is 72.6 Å². The molecule has 0 saturated carbocycles. The average molecular weight is 278 g/mol. The Balaban J connectivity index is 1.89. The number of benzene rings is 1. The minimum atomic E-state index is -0.134. The van der Waals surface area contributed by atoms with Gasteiger partial charge in [0.2, 0.25) is 11.8 Å². The number of rotatable bonds is 5. The van der Waals surface area contributed by atoms with Crippen LogP contribution in [0, 0.1) is 0 Å². The Morgan fingerprint density at radius 2 is 2.00 bits per heavy atom. The minimum absolute atomic E-state index is 0.134. The average Bonchev–Trinajstić information content (AvgIpc) is 2.71. The molecule has 5 nitrogen and oxygen atoms in total. The van der Waals surface area contributed by atoms with Crippen molar-refractivity contribution < 1.29 is 14.3 Å². The van der Waals surface area contributed by atoms with Gasteiger partial charge in [0.25, 0.3) is 0 Å². The molecule has 0 unspecified atom stereocenters. The molecule has 0 bridgehead atoms. The third-order valence-electron chi connectivity index (χ3n) is 2.86. The number of likely N-dealkylation sites (tertiary alicyclic amines) is 1. The van der Waals surface area contributed by atoms with E-state index in [1.54, 1.807) is 24.3 Å². The Labute approximate surface area is 116 Å². The molecule has 1 aliphatic rings. The Morgan fingerprint density at radius 3 is 2.63 bits per heavy atom. The van der Waals surface area contributed by atoms with Crippen molar-refractivity contribution in [1.82, 2.24) is 4.90 Å². The third-order valence-corrected chi connectivity index (χ3v) is 3.09. The molecule has 100 valence electrons. The SMILES string of the molecule is NC(=S)c1cccc(OCCN2C(=O)CCC2=O)c1. The van der Waals surface area contributed by atoms with Crippen molar-refractivity contribution in [3.05, 3.63) is 29.8 Å². The van der Waals surface area contributed by atoms with Gasteiger partial charge in [-0.2, -0.15) is 0 Å². The molecule has 19 heavy (non-hydrogen) atoms. The minimum Gasteiger partial charge on any atom is -0.492 e. The van der Waals surface area contributed by atoms with Gasteiger partial charge in [-0.3, -0.25) is 14.5 Å². The Bertz CT molecular complexity index is 514. The molecule has 1 aromatic rings. The van der Waals surface area contributed by atoms with Crippen LogP contribution >= 0.6 is 12.2 Å². The van der Waals surface area contributed by atoms with E-state index < -0.39 is 0 Å². The Kier molecular flexibility index (Phi) is 4.11. The number of hydrogen-bond donors (Lipinski definition) is 1. The molecule has 0 aromatic heterocycles. The predicted molar refractivity (Wildman–Crippen MR) is 73.8 cm³/mol. The van der Waals surface area contributed by atoms with E-state index in [2.05, 4.69) is 0 Å². The van der Waals surface area contributed by atoms with Gasteiger partial charge in [0.1, 0.15) is 17.3 Å². The van der Waals surface area contributed by atoms with Gasteiger partial charge in [0.15, 0.2) is 0 Å². The summed E-state index contributed by atoms with van der Waals surface area (Å²) in [5.74, 6) is 0.348. The first-order valence-corrected chi connectivity index (χ1v) is 6.34. The molecule has 1 heterocycles. The fraction of sp³-hybridized carbons (Fsp3) is 0.308. The van der Waals surface area contributed by atoms with Crippen LogP contribution in [0.25, 0.3) is 0 Å². The highest BCUT2D eigenvalue weighted by atomic mass is 32.1. The zero-order valence-electron chi connectivity index (χ0n) is 10.3. The predicted octanol–water partition coefficient (Wildman–Crippen LogP) is 0.849. The van der Waals surface area contributed by atoms with Gasteiger partial charge in [-0.25, -0.2) is 0 Å². The number of nitrogens with zero attached hydrogens (tertiary/aromatic N) is 1. The molecule has 0 aliphatic carbocycles. The zero-order chi connectivity index (χ0) is 13.8. The number of hydrogen-bond acceptors (Lipinski definition) is 4.